The van der Waals surface area contributed by atoms with Crippen molar-refractivity contribution in [1.82, 2.24) is 15.1 Å². The van der Waals surface area contributed by atoms with Crippen LogP contribution in [0.4, 0.5) is 5.13 Å². The molecular formula is C18H14N4O2S. The summed E-state index contributed by atoms with van der Waals surface area (Å²) in [6.07, 6.45) is 3.44. The van der Waals surface area contributed by atoms with E-state index in [1.807, 2.05) is 36.4 Å². The molecule has 0 saturated carbocycles. The monoisotopic (exact) mass is 350 g/mol. The molecule has 0 aliphatic rings. The van der Waals surface area contributed by atoms with Crippen molar-refractivity contribution in [3.05, 3.63) is 71.9 Å². The standard InChI is InChI=1S/C18H14N4O2S/c1-12-9-15(21-24-12)17(23)22(11-13-5-4-8-19-10-13)18-20-14-6-2-3-7-16(14)25-18/h2-10H,11H2,1H3. The first-order chi connectivity index (χ1) is 12.2. The van der Waals surface area contributed by atoms with Crippen molar-refractivity contribution in [2.24, 2.45) is 0 Å². The van der Waals surface area contributed by atoms with E-state index in [9.17, 15) is 4.79 Å². The molecule has 0 aliphatic carbocycles. The maximum atomic E-state index is 13.0. The van der Waals surface area contributed by atoms with Gasteiger partial charge in [0.25, 0.3) is 5.91 Å². The summed E-state index contributed by atoms with van der Waals surface area (Å²) >= 11 is 1.47. The van der Waals surface area contributed by atoms with E-state index in [0.717, 1.165) is 15.8 Å². The summed E-state index contributed by atoms with van der Waals surface area (Å²) < 4.78 is 6.08. The molecule has 0 spiro atoms. The number of benzene rings is 1. The quantitative estimate of drug-likeness (QED) is 0.559. The summed E-state index contributed by atoms with van der Waals surface area (Å²) in [5.74, 6) is 0.341. The zero-order chi connectivity index (χ0) is 17.2. The van der Waals surface area contributed by atoms with Crippen LogP contribution in [-0.4, -0.2) is 21.0 Å². The highest BCUT2D eigenvalue weighted by Gasteiger charge is 2.24. The minimum Gasteiger partial charge on any atom is -0.361 e. The van der Waals surface area contributed by atoms with Gasteiger partial charge in [0.05, 0.1) is 16.8 Å². The number of hydrogen-bond acceptors (Lipinski definition) is 6. The molecule has 0 atom stereocenters. The summed E-state index contributed by atoms with van der Waals surface area (Å²) in [7, 11) is 0. The van der Waals surface area contributed by atoms with Crippen LogP contribution in [-0.2, 0) is 6.54 Å². The fraction of sp³-hybridized carbons (Fsp3) is 0.111. The molecule has 4 aromatic rings. The van der Waals surface area contributed by atoms with Crippen molar-refractivity contribution in [3.63, 3.8) is 0 Å². The zero-order valence-corrected chi connectivity index (χ0v) is 14.2. The number of thiazole rings is 1. The average molecular weight is 350 g/mol. The highest BCUT2D eigenvalue weighted by Crippen LogP contribution is 2.30. The van der Waals surface area contributed by atoms with E-state index in [0.29, 0.717) is 17.4 Å². The fourth-order valence-corrected chi connectivity index (χ4v) is 3.44. The number of carbonyl (C=O) groups excluding carboxylic acids is 1. The Morgan fingerprint density at radius 3 is 2.84 bits per heavy atom. The normalized spacial score (nSPS) is 10.9. The number of hydrogen-bond donors (Lipinski definition) is 0. The first-order valence-corrected chi connectivity index (χ1v) is 8.52. The number of rotatable bonds is 4. The SMILES string of the molecule is Cc1cc(C(=O)N(Cc2cccnc2)c2nc3ccccc3s2)no1. The van der Waals surface area contributed by atoms with Crippen LogP contribution in [0.3, 0.4) is 0 Å². The summed E-state index contributed by atoms with van der Waals surface area (Å²) in [4.78, 5) is 23.3. The van der Waals surface area contributed by atoms with E-state index in [2.05, 4.69) is 15.1 Å². The third kappa shape index (κ3) is 3.14. The largest absolute Gasteiger partial charge is 0.361 e. The van der Waals surface area contributed by atoms with Gasteiger partial charge in [-0.05, 0) is 30.7 Å². The Kier molecular flexibility index (Phi) is 3.99. The molecule has 25 heavy (non-hydrogen) atoms. The molecule has 0 N–H and O–H groups in total. The molecule has 1 aromatic carbocycles. The van der Waals surface area contributed by atoms with Crippen molar-refractivity contribution < 1.29 is 9.32 Å². The first-order valence-electron chi connectivity index (χ1n) is 7.70. The van der Waals surface area contributed by atoms with Gasteiger partial charge in [-0.1, -0.05) is 34.7 Å². The third-order valence-corrected chi connectivity index (χ3v) is 4.73. The van der Waals surface area contributed by atoms with Crippen LogP contribution in [0.15, 0.2) is 59.4 Å². The van der Waals surface area contributed by atoms with Gasteiger partial charge in [-0.25, -0.2) is 4.98 Å². The minimum absolute atomic E-state index is 0.250. The molecule has 124 valence electrons. The highest BCUT2D eigenvalue weighted by atomic mass is 32.1. The van der Waals surface area contributed by atoms with Gasteiger partial charge in [0.15, 0.2) is 10.8 Å². The van der Waals surface area contributed by atoms with Crippen LogP contribution in [0.25, 0.3) is 10.2 Å². The number of fused-ring (bicyclic) bond motifs is 1. The van der Waals surface area contributed by atoms with Crippen LogP contribution in [0.1, 0.15) is 21.8 Å². The maximum Gasteiger partial charge on any atom is 0.282 e. The number of nitrogens with zero attached hydrogens (tertiary/aromatic N) is 4. The molecule has 0 bridgehead atoms. The Hall–Kier alpha value is -3.06. The number of para-hydroxylation sites is 1. The summed E-state index contributed by atoms with van der Waals surface area (Å²) in [5, 5.41) is 4.47. The van der Waals surface area contributed by atoms with E-state index in [1.54, 1.807) is 30.3 Å². The third-order valence-electron chi connectivity index (χ3n) is 3.67. The zero-order valence-electron chi connectivity index (χ0n) is 13.4. The molecular weight excluding hydrogens is 336 g/mol. The molecule has 0 radical (unpaired) electrons. The number of pyridine rings is 1. The average Bonchev–Trinajstić information content (AvgIpc) is 3.26. The Bertz CT molecular complexity index is 993. The summed E-state index contributed by atoms with van der Waals surface area (Å²) in [6, 6.07) is 13.2. The minimum atomic E-state index is -0.250. The smallest absolute Gasteiger partial charge is 0.282 e. The predicted octanol–water partition coefficient (Wildman–Crippen LogP) is 3.83. The van der Waals surface area contributed by atoms with Crippen molar-refractivity contribution in [3.8, 4) is 0 Å². The van der Waals surface area contributed by atoms with Gasteiger partial charge < -0.3 is 4.52 Å². The van der Waals surface area contributed by atoms with Crippen LogP contribution in [0, 0.1) is 6.92 Å². The second kappa shape index (κ2) is 6.45. The Morgan fingerprint density at radius 1 is 1.24 bits per heavy atom. The predicted molar refractivity (Wildman–Crippen MR) is 95.6 cm³/mol. The van der Waals surface area contributed by atoms with Crippen LogP contribution < -0.4 is 4.90 Å². The topological polar surface area (TPSA) is 72.1 Å². The molecule has 0 aliphatic heterocycles. The maximum absolute atomic E-state index is 13.0. The van der Waals surface area contributed by atoms with E-state index >= 15 is 0 Å². The Morgan fingerprint density at radius 2 is 2.12 bits per heavy atom. The number of aryl methyl sites for hydroxylation is 1. The van der Waals surface area contributed by atoms with Gasteiger partial charge in [0, 0.05) is 18.5 Å². The van der Waals surface area contributed by atoms with Gasteiger partial charge in [0.1, 0.15) is 5.76 Å². The molecule has 0 saturated heterocycles. The molecule has 7 heteroatoms. The van der Waals surface area contributed by atoms with Crippen LogP contribution >= 0.6 is 11.3 Å². The van der Waals surface area contributed by atoms with Gasteiger partial charge in [-0.3, -0.25) is 14.7 Å². The van der Waals surface area contributed by atoms with Gasteiger partial charge in [0.2, 0.25) is 0 Å². The van der Waals surface area contributed by atoms with Crippen LogP contribution in [0.5, 0.6) is 0 Å². The Balaban J connectivity index is 1.75. The lowest BCUT2D eigenvalue weighted by atomic mass is 10.2. The molecule has 3 heterocycles. The Labute approximate surface area is 147 Å². The van der Waals surface area contributed by atoms with Gasteiger partial charge in [-0.2, -0.15) is 0 Å². The fourth-order valence-electron chi connectivity index (χ4n) is 2.48. The number of aromatic nitrogens is 3. The molecule has 1 amide bonds. The van der Waals surface area contributed by atoms with Crippen molar-refractivity contribution in [1.29, 1.82) is 0 Å². The molecule has 4 rings (SSSR count). The number of amides is 1. The second-order valence-corrected chi connectivity index (χ2v) is 6.55. The van der Waals surface area contributed by atoms with Crippen molar-refractivity contribution >= 4 is 32.6 Å². The first kappa shape index (κ1) is 15.5. The molecule has 0 unspecified atom stereocenters. The molecule has 0 fully saturated rings. The lowest BCUT2D eigenvalue weighted by molar-refractivity contribution is 0.0976. The van der Waals surface area contributed by atoms with Crippen LogP contribution in [0.2, 0.25) is 0 Å². The second-order valence-electron chi connectivity index (χ2n) is 5.54. The summed E-state index contributed by atoms with van der Waals surface area (Å²) in [6.45, 7) is 2.12. The van der Waals surface area contributed by atoms with Crippen molar-refractivity contribution in [2.75, 3.05) is 4.90 Å². The van der Waals surface area contributed by atoms with Crippen molar-refractivity contribution in [2.45, 2.75) is 13.5 Å². The van der Waals surface area contributed by atoms with E-state index in [-0.39, 0.29) is 11.6 Å². The van der Waals surface area contributed by atoms with E-state index in [1.165, 1.54) is 11.3 Å². The summed E-state index contributed by atoms with van der Waals surface area (Å²) in [5.41, 5.74) is 2.04. The molecule has 6 nitrogen and oxygen atoms in total. The highest BCUT2D eigenvalue weighted by molar-refractivity contribution is 7.22. The number of carbonyl (C=O) groups is 1. The van der Waals surface area contributed by atoms with E-state index < -0.39 is 0 Å². The van der Waals surface area contributed by atoms with Gasteiger partial charge in [-0.15, -0.1) is 0 Å². The van der Waals surface area contributed by atoms with E-state index in [4.69, 9.17) is 4.52 Å². The lowest BCUT2D eigenvalue weighted by Gasteiger charge is -2.18. The number of anilines is 1. The lowest BCUT2D eigenvalue weighted by Crippen LogP contribution is -2.30. The molecule has 3 aromatic heterocycles. The van der Waals surface area contributed by atoms with Gasteiger partial charge >= 0.3 is 0 Å².